The number of nitrogens with zero attached hydrogens (tertiary/aromatic N) is 4. The van der Waals surface area contributed by atoms with Crippen LogP contribution in [0.25, 0.3) is 28.6 Å². The number of rotatable bonds is 7. The molecule has 1 aromatic carbocycles. The number of hydrogen-bond acceptors (Lipinski definition) is 6. The van der Waals surface area contributed by atoms with E-state index in [1.165, 1.54) is 6.20 Å². The Morgan fingerprint density at radius 3 is 2.64 bits per heavy atom. The fourth-order valence-corrected chi connectivity index (χ4v) is 3.57. The molecule has 4 aromatic rings. The summed E-state index contributed by atoms with van der Waals surface area (Å²) in [6.07, 6.45) is -2.38. The lowest BCUT2D eigenvalue weighted by atomic mass is 10.1. The van der Waals surface area contributed by atoms with Gasteiger partial charge in [-0.1, -0.05) is 34.4 Å². The maximum atomic E-state index is 13.0. The molecule has 0 aliphatic heterocycles. The van der Waals surface area contributed by atoms with Crippen LogP contribution in [-0.2, 0) is 17.5 Å². The summed E-state index contributed by atoms with van der Waals surface area (Å²) < 4.78 is 45.5. The van der Waals surface area contributed by atoms with Gasteiger partial charge in [0.1, 0.15) is 5.69 Å². The summed E-state index contributed by atoms with van der Waals surface area (Å²) in [7, 11) is 0. The summed E-state index contributed by atoms with van der Waals surface area (Å²) in [5.41, 5.74) is 0.637. The van der Waals surface area contributed by atoms with Crippen molar-refractivity contribution in [2.24, 2.45) is 0 Å². The van der Waals surface area contributed by atoms with Crippen LogP contribution in [0.3, 0.4) is 0 Å². The first-order chi connectivity index (χ1) is 15.6. The van der Waals surface area contributed by atoms with Crippen molar-refractivity contribution in [3.05, 3.63) is 57.8 Å². The van der Waals surface area contributed by atoms with Crippen molar-refractivity contribution in [1.29, 1.82) is 0 Å². The van der Waals surface area contributed by atoms with Crippen LogP contribution in [-0.4, -0.2) is 37.1 Å². The highest BCUT2D eigenvalue weighted by Crippen LogP contribution is 2.33. The van der Waals surface area contributed by atoms with Crippen LogP contribution in [0.15, 0.2) is 41.2 Å². The number of fused-ring (bicyclic) bond motifs is 1. The zero-order chi connectivity index (χ0) is 23.8. The number of halogens is 5. The van der Waals surface area contributed by atoms with Gasteiger partial charge in [-0.3, -0.25) is 4.79 Å². The molecular weight excluding hydrogens is 486 g/mol. The van der Waals surface area contributed by atoms with Crippen LogP contribution in [0, 0.1) is 0 Å². The molecule has 0 aliphatic rings. The third-order valence-corrected chi connectivity index (χ3v) is 5.19. The monoisotopic (exact) mass is 499 g/mol. The van der Waals surface area contributed by atoms with Gasteiger partial charge in [-0.2, -0.15) is 18.2 Å². The number of aromatic nitrogens is 4. The van der Waals surface area contributed by atoms with Crippen molar-refractivity contribution in [3.63, 3.8) is 0 Å². The second-order valence-electron chi connectivity index (χ2n) is 6.99. The molecule has 0 bridgehead atoms. The lowest BCUT2D eigenvalue weighted by Crippen LogP contribution is -2.17. The number of carboxylic acids is 1. The Labute approximate surface area is 194 Å². The standard InChI is InChI=1S/C20H14Cl2F3N5O3/c21-13-5-10(7-26-4-3-16(31)32)1-2-12(13)17-28-19(33-29-17)15-9-30-8-11(20(23,24)25)6-14(22)18(30)27-15/h1-2,5-6,8-9,26H,3-4,7H2,(H,31,32). The largest absolute Gasteiger partial charge is 0.481 e. The van der Waals surface area contributed by atoms with Crippen LogP contribution in [0.1, 0.15) is 17.5 Å². The van der Waals surface area contributed by atoms with Crippen molar-refractivity contribution in [1.82, 2.24) is 24.8 Å². The second kappa shape index (κ2) is 9.00. The third kappa shape index (κ3) is 5.10. The molecule has 0 amide bonds. The number of pyridine rings is 1. The Hall–Kier alpha value is -3.15. The fourth-order valence-electron chi connectivity index (χ4n) is 3.03. The highest BCUT2D eigenvalue weighted by molar-refractivity contribution is 6.33. The molecule has 0 radical (unpaired) electrons. The zero-order valence-corrected chi connectivity index (χ0v) is 18.0. The van der Waals surface area contributed by atoms with Gasteiger partial charge in [0.05, 0.1) is 22.0 Å². The molecule has 0 saturated carbocycles. The van der Waals surface area contributed by atoms with Crippen molar-refractivity contribution >= 4 is 34.8 Å². The second-order valence-corrected chi connectivity index (χ2v) is 7.80. The van der Waals surface area contributed by atoms with Gasteiger partial charge in [-0.25, -0.2) is 4.98 Å². The third-order valence-electron chi connectivity index (χ3n) is 4.60. The molecule has 2 N–H and O–H groups in total. The van der Waals surface area contributed by atoms with Gasteiger partial charge in [0, 0.05) is 31.0 Å². The number of nitrogens with one attached hydrogen (secondary N) is 1. The van der Waals surface area contributed by atoms with E-state index in [4.69, 9.17) is 32.8 Å². The minimum Gasteiger partial charge on any atom is -0.481 e. The summed E-state index contributed by atoms with van der Waals surface area (Å²) in [6.45, 7) is 0.739. The van der Waals surface area contributed by atoms with E-state index in [0.29, 0.717) is 23.7 Å². The molecule has 0 aliphatic carbocycles. The van der Waals surface area contributed by atoms with E-state index < -0.39 is 17.7 Å². The summed E-state index contributed by atoms with van der Waals surface area (Å²) in [5, 5.41) is 15.7. The van der Waals surface area contributed by atoms with Crippen LogP contribution < -0.4 is 5.32 Å². The van der Waals surface area contributed by atoms with Crippen molar-refractivity contribution in [2.45, 2.75) is 19.1 Å². The minimum absolute atomic E-state index is 0.00321. The van der Waals surface area contributed by atoms with Crippen molar-refractivity contribution in [2.75, 3.05) is 6.54 Å². The Morgan fingerprint density at radius 2 is 1.94 bits per heavy atom. The fraction of sp³-hybridized carbons (Fsp3) is 0.200. The lowest BCUT2D eigenvalue weighted by molar-refractivity contribution is -0.138. The van der Waals surface area contributed by atoms with E-state index in [-0.39, 0.29) is 34.5 Å². The molecule has 13 heteroatoms. The Morgan fingerprint density at radius 1 is 1.15 bits per heavy atom. The number of hydrogen-bond donors (Lipinski definition) is 2. The van der Waals surface area contributed by atoms with Crippen LogP contribution in [0.5, 0.6) is 0 Å². The first kappa shape index (κ1) is 23.0. The lowest BCUT2D eigenvalue weighted by Gasteiger charge is -2.07. The average Bonchev–Trinajstić information content (AvgIpc) is 3.38. The van der Waals surface area contributed by atoms with E-state index >= 15 is 0 Å². The number of carboxylic acid groups (broad SMARTS) is 1. The maximum Gasteiger partial charge on any atom is 0.417 e. The highest BCUT2D eigenvalue weighted by atomic mass is 35.5. The van der Waals surface area contributed by atoms with E-state index in [0.717, 1.165) is 22.2 Å². The summed E-state index contributed by atoms with van der Waals surface area (Å²) in [6, 6.07) is 5.94. The highest BCUT2D eigenvalue weighted by Gasteiger charge is 2.32. The minimum atomic E-state index is -4.56. The molecule has 0 fully saturated rings. The number of aliphatic carboxylic acids is 1. The number of carbonyl (C=O) groups is 1. The Kier molecular flexibility index (Phi) is 6.28. The van der Waals surface area contributed by atoms with Gasteiger partial charge in [0.15, 0.2) is 5.65 Å². The molecular formula is C20H14Cl2F3N5O3. The predicted octanol–water partition coefficient (Wildman–Crippen LogP) is 4.94. The van der Waals surface area contributed by atoms with E-state index in [1.54, 1.807) is 18.2 Å². The summed E-state index contributed by atoms with van der Waals surface area (Å²) in [5.74, 6) is -0.745. The summed E-state index contributed by atoms with van der Waals surface area (Å²) in [4.78, 5) is 19.0. The molecule has 4 rings (SSSR count). The van der Waals surface area contributed by atoms with Gasteiger partial charge in [0.25, 0.3) is 5.89 Å². The van der Waals surface area contributed by atoms with E-state index in [1.807, 2.05) is 0 Å². The van der Waals surface area contributed by atoms with Gasteiger partial charge in [-0.05, 0) is 23.8 Å². The summed E-state index contributed by atoms with van der Waals surface area (Å²) >= 11 is 12.3. The molecule has 3 heterocycles. The maximum absolute atomic E-state index is 13.0. The Balaban J connectivity index is 1.56. The molecule has 33 heavy (non-hydrogen) atoms. The topological polar surface area (TPSA) is 106 Å². The van der Waals surface area contributed by atoms with Crippen molar-refractivity contribution < 1.29 is 27.6 Å². The van der Waals surface area contributed by atoms with Gasteiger partial charge in [0.2, 0.25) is 5.82 Å². The van der Waals surface area contributed by atoms with Crippen LogP contribution >= 0.6 is 23.2 Å². The van der Waals surface area contributed by atoms with E-state index in [2.05, 4.69) is 20.4 Å². The first-order valence-electron chi connectivity index (χ1n) is 9.42. The van der Waals surface area contributed by atoms with Crippen LogP contribution in [0.2, 0.25) is 10.0 Å². The van der Waals surface area contributed by atoms with Gasteiger partial charge < -0.3 is 19.3 Å². The normalized spacial score (nSPS) is 11.9. The quantitative estimate of drug-likeness (QED) is 0.347. The molecule has 0 unspecified atom stereocenters. The molecule has 0 spiro atoms. The predicted molar refractivity (Wildman–Crippen MR) is 113 cm³/mol. The van der Waals surface area contributed by atoms with Gasteiger partial charge in [-0.15, -0.1) is 0 Å². The van der Waals surface area contributed by atoms with Gasteiger partial charge >= 0.3 is 12.1 Å². The smallest absolute Gasteiger partial charge is 0.417 e. The number of imidazole rings is 1. The van der Waals surface area contributed by atoms with Crippen LogP contribution in [0.4, 0.5) is 13.2 Å². The first-order valence-corrected chi connectivity index (χ1v) is 10.2. The molecule has 0 atom stereocenters. The Bertz CT molecular complexity index is 1340. The number of benzene rings is 1. The number of alkyl halides is 3. The molecule has 0 saturated heterocycles. The van der Waals surface area contributed by atoms with Crippen molar-refractivity contribution in [3.8, 4) is 23.0 Å². The SMILES string of the molecule is O=C(O)CCNCc1ccc(-c2noc(-c3cn4cc(C(F)(F)F)cc(Cl)c4n3)n2)c(Cl)c1. The zero-order valence-electron chi connectivity index (χ0n) is 16.5. The molecule has 172 valence electrons. The molecule has 8 nitrogen and oxygen atoms in total. The molecule has 3 aromatic heterocycles. The average molecular weight is 500 g/mol. The van der Waals surface area contributed by atoms with E-state index in [9.17, 15) is 18.0 Å².